The predicted molar refractivity (Wildman–Crippen MR) is 106 cm³/mol. The van der Waals surface area contributed by atoms with Crippen LogP contribution in [0.3, 0.4) is 0 Å². The van der Waals surface area contributed by atoms with Gasteiger partial charge in [0, 0.05) is 22.5 Å². The molecular formula is C19H18N6O2S. The van der Waals surface area contributed by atoms with Crippen molar-refractivity contribution in [2.45, 2.75) is 27.4 Å². The lowest BCUT2D eigenvalue weighted by molar-refractivity contribution is 0.0454. The summed E-state index contributed by atoms with van der Waals surface area (Å²) in [5.41, 5.74) is 4.46. The van der Waals surface area contributed by atoms with E-state index in [2.05, 4.69) is 25.4 Å². The van der Waals surface area contributed by atoms with Crippen molar-refractivity contribution in [3.63, 3.8) is 0 Å². The van der Waals surface area contributed by atoms with Crippen molar-refractivity contribution in [2.24, 2.45) is 0 Å². The molecule has 0 fully saturated rings. The number of carbonyl (C=O) groups excluding carboxylic acids is 1. The van der Waals surface area contributed by atoms with Gasteiger partial charge in [-0.2, -0.15) is 4.98 Å². The van der Waals surface area contributed by atoms with Gasteiger partial charge in [0.2, 0.25) is 0 Å². The maximum Gasteiger partial charge on any atom is 0.378 e. The first kappa shape index (κ1) is 18.1. The number of ether oxygens (including phenoxy) is 1. The van der Waals surface area contributed by atoms with Crippen LogP contribution in [0, 0.1) is 20.8 Å². The first-order chi connectivity index (χ1) is 13.5. The number of nitrogens with one attached hydrogen (secondary N) is 1. The molecule has 3 aromatic heterocycles. The van der Waals surface area contributed by atoms with Crippen molar-refractivity contribution in [3.8, 4) is 0 Å². The quantitative estimate of drug-likeness (QED) is 0.517. The highest BCUT2D eigenvalue weighted by atomic mass is 32.1. The van der Waals surface area contributed by atoms with Crippen molar-refractivity contribution in [1.29, 1.82) is 0 Å². The molecule has 3 heterocycles. The van der Waals surface area contributed by atoms with E-state index in [0.29, 0.717) is 11.5 Å². The average molecular weight is 394 g/mol. The lowest BCUT2D eigenvalue weighted by Crippen LogP contribution is -2.08. The van der Waals surface area contributed by atoms with Crippen molar-refractivity contribution in [1.82, 2.24) is 24.6 Å². The molecule has 0 radical (unpaired) electrons. The Morgan fingerprint density at radius 3 is 2.71 bits per heavy atom. The van der Waals surface area contributed by atoms with Gasteiger partial charge in [0.05, 0.1) is 5.69 Å². The van der Waals surface area contributed by atoms with Crippen molar-refractivity contribution in [3.05, 3.63) is 64.2 Å². The molecule has 4 aromatic rings. The maximum absolute atomic E-state index is 12.3. The van der Waals surface area contributed by atoms with Crippen LogP contribution in [0.15, 0.2) is 35.7 Å². The molecule has 142 valence electrons. The van der Waals surface area contributed by atoms with Gasteiger partial charge in [-0.05, 0) is 39.0 Å². The zero-order chi connectivity index (χ0) is 19.7. The van der Waals surface area contributed by atoms with Crippen LogP contribution in [0.25, 0.3) is 5.78 Å². The van der Waals surface area contributed by atoms with Crippen LogP contribution in [0.2, 0.25) is 0 Å². The normalized spacial score (nSPS) is 11.0. The van der Waals surface area contributed by atoms with Gasteiger partial charge in [-0.15, -0.1) is 16.4 Å². The number of fused-ring (bicyclic) bond motifs is 1. The van der Waals surface area contributed by atoms with Crippen molar-refractivity contribution < 1.29 is 9.53 Å². The molecule has 8 nitrogen and oxygen atoms in total. The van der Waals surface area contributed by atoms with Gasteiger partial charge < -0.3 is 10.1 Å². The summed E-state index contributed by atoms with van der Waals surface area (Å²) in [6.07, 6.45) is 0. The van der Waals surface area contributed by atoms with Gasteiger partial charge in [0.1, 0.15) is 6.61 Å². The Bertz CT molecular complexity index is 1150. The van der Waals surface area contributed by atoms with E-state index >= 15 is 0 Å². The van der Waals surface area contributed by atoms with Gasteiger partial charge in [-0.3, -0.25) is 0 Å². The zero-order valence-electron chi connectivity index (χ0n) is 15.6. The lowest BCUT2D eigenvalue weighted by atomic mass is 10.2. The van der Waals surface area contributed by atoms with Crippen molar-refractivity contribution in [2.75, 3.05) is 5.32 Å². The van der Waals surface area contributed by atoms with Crippen LogP contribution in [0.5, 0.6) is 0 Å². The van der Waals surface area contributed by atoms with Crippen LogP contribution in [-0.4, -0.2) is 30.5 Å². The number of aryl methyl sites for hydroxylation is 3. The summed E-state index contributed by atoms with van der Waals surface area (Å²) >= 11 is 1.44. The maximum atomic E-state index is 12.3. The molecular weight excluding hydrogens is 376 g/mol. The molecule has 0 aliphatic heterocycles. The number of carbonyl (C=O) groups is 1. The molecule has 0 spiro atoms. The number of esters is 1. The molecule has 9 heteroatoms. The number of rotatable bonds is 5. The fraction of sp³-hybridized carbons (Fsp3) is 0.211. The van der Waals surface area contributed by atoms with E-state index in [-0.39, 0.29) is 12.4 Å². The Hall–Kier alpha value is -3.33. The molecule has 1 N–H and O–H groups in total. The highest BCUT2D eigenvalue weighted by Crippen LogP contribution is 2.21. The topological polar surface area (TPSA) is 94.3 Å². The predicted octanol–water partition coefficient (Wildman–Crippen LogP) is 3.61. The van der Waals surface area contributed by atoms with E-state index in [1.807, 2.05) is 56.5 Å². The Kier molecular flexibility index (Phi) is 4.74. The minimum absolute atomic E-state index is 0.0190. The number of thiazole rings is 1. The summed E-state index contributed by atoms with van der Waals surface area (Å²) in [6.45, 7) is 5.83. The van der Waals surface area contributed by atoms with E-state index in [0.717, 1.165) is 22.2 Å². The minimum atomic E-state index is -0.608. The summed E-state index contributed by atoms with van der Waals surface area (Å²) in [6, 6.07) is 9.90. The summed E-state index contributed by atoms with van der Waals surface area (Å²) in [5.74, 6) is -0.249. The van der Waals surface area contributed by atoms with E-state index in [9.17, 15) is 4.79 Å². The minimum Gasteiger partial charge on any atom is -0.453 e. The van der Waals surface area contributed by atoms with Crippen LogP contribution in [0.4, 0.5) is 10.8 Å². The molecule has 0 saturated carbocycles. The fourth-order valence-electron chi connectivity index (χ4n) is 2.65. The number of hydrogen-bond acceptors (Lipinski definition) is 8. The van der Waals surface area contributed by atoms with E-state index in [1.165, 1.54) is 21.4 Å². The highest BCUT2D eigenvalue weighted by Gasteiger charge is 2.17. The third kappa shape index (κ3) is 3.84. The van der Waals surface area contributed by atoms with E-state index < -0.39 is 5.97 Å². The summed E-state index contributed by atoms with van der Waals surface area (Å²) < 4.78 is 6.83. The average Bonchev–Trinajstić information content (AvgIpc) is 3.28. The molecule has 28 heavy (non-hydrogen) atoms. The second-order valence-electron chi connectivity index (χ2n) is 6.40. The zero-order valence-corrected chi connectivity index (χ0v) is 16.4. The van der Waals surface area contributed by atoms with E-state index in [4.69, 9.17) is 4.74 Å². The standard InChI is InChI=1S/C19H18N6O2S/c1-11-4-6-14(7-5-11)21-19-22-15(10-28-19)9-27-17(26)16-23-18-20-12(2)8-13(3)25(18)24-16/h4-8,10H,9H2,1-3H3,(H,21,22). The molecule has 1 aromatic carbocycles. The molecule has 0 amide bonds. The highest BCUT2D eigenvalue weighted by molar-refractivity contribution is 7.13. The number of aromatic nitrogens is 5. The van der Waals surface area contributed by atoms with Crippen LogP contribution in [-0.2, 0) is 11.3 Å². The lowest BCUT2D eigenvalue weighted by Gasteiger charge is -2.02. The largest absolute Gasteiger partial charge is 0.453 e. The first-order valence-corrected chi connectivity index (χ1v) is 9.52. The number of nitrogens with zero attached hydrogens (tertiary/aromatic N) is 5. The monoisotopic (exact) mass is 394 g/mol. The second-order valence-corrected chi connectivity index (χ2v) is 7.26. The Labute approximate surface area is 165 Å². The third-order valence-electron chi connectivity index (χ3n) is 4.01. The molecule has 0 bridgehead atoms. The van der Waals surface area contributed by atoms with Crippen LogP contribution in [0.1, 0.15) is 33.3 Å². The number of hydrogen-bond donors (Lipinski definition) is 1. The van der Waals surface area contributed by atoms with Gasteiger partial charge in [0.25, 0.3) is 11.6 Å². The summed E-state index contributed by atoms with van der Waals surface area (Å²) in [7, 11) is 0. The number of benzene rings is 1. The second kappa shape index (κ2) is 7.35. The molecule has 0 aliphatic rings. The molecule has 0 atom stereocenters. The summed E-state index contributed by atoms with van der Waals surface area (Å²) in [4.78, 5) is 25.1. The molecule has 0 saturated heterocycles. The smallest absolute Gasteiger partial charge is 0.378 e. The van der Waals surface area contributed by atoms with Gasteiger partial charge >= 0.3 is 5.97 Å². The molecule has 0 unspecified atom stereocenters. The van der Waals surface area contributed by atoms with Crippen LogP contribution < -0.4 is 5.32 Å². The van der Waals surface area contributed by atoms with E-state index in [1.54, 1.807) is 0 Å². The summed E-state index contributed by atoms with van der Waals surface area (Å²) in [5, 5.41) is 9.98. The van der Waals surface area contributed by atoms with Gasteiger partial charge in [-0.1, -0.05) is 17.7 Å². The molecule has 0 aliphatic carbocycles. The van der Waals surface area contributed by atoms with Gasteiger partial charge in [0.15, 0.2) is 5.13 Å². The third-order valence-corrected chi connectivity index (χ3v) is 4.81. The Morgan fingerprint density at radius 1 is 1.14 bits per heavy atom. The number of anilines is 2. The van der Waals surface area contributed by atoms with Crippen LogP contribution >= 0.6 is 11.3 Å². The first-order valence-electron chi connectivity index (χ1n) is 8.64. The van der Waals surface area contributed by atoms with Crippen molar-refractivity contribution >= 4 is 33.9 Å². The fourth-order valence-corrected chi connectivity index (χ4v) is 3.36. The molecule has 4 rings (SSSR count). The Balaban J connectivity index is 1.40. The van der Waals surface area contributed by atoms with Gasteiger partial charge in [-0.25, -0.2) is 19.3 Å². The SMILES string of the molecule is Cc1ccc(Nc2nc(COC(=O)c3nc4nc(C)cc(C)n4n3)cs2)cc1. The Morgan fingerprint density at radius 2 is 1.93 bits per heavy atom.